The van der Waals surface area contributed by atoms with Crippen LogP contribution in [0.4, 0.5) is 0 Å². The van der Waals surface area contributed by atoms with E-state index in [0.717, 1.165) is 6.42 Å². The molecule has 1 atom stereocenters. The van der Waals surface area contributed by atoms with Crippen LogP contribution in [0.2, 0.25) is 0 Å². The molecule has 0 saturated carbocycles. The van der Waals surface area contributed by atoms with Gasteiger partial charge in [-0.3, -0.25) is 4.99 Å². The SMILES string of the molecule is CC/C=N/[C@H](C)c1ccccc1. The Morgan fingerprint density at radius 2 is 2.00 bits per heavy atom. The lowest BCUT2D eigenvalue weighted by Gasteiger charge is -2.04. The van der Waals surface area contributed by atoms with Gasteiger partial charge >= 0.3 is 0 Å². The highest BCUT2D eigenvalue weighted by Gasteiger charge is 1.98. The number of benzene rings is 1. The van der Waals surface area contributed by atoms with Gasteiger partial charge in [0.15, 0.2) is 0 Å². The van der Waals surface area contributed by atoms with E-state index in [0.29, 0.717) is 6.04 Å². The number of aliphatic imine (C=N–C) groups is 1. The van der Waals surface area contributed by atoms with Crippen LogP contribution >= 0.6 is 0 Å². The Morgan fingerprint density at radius 1 is 1.33 bits per heavy atom. The first kappa shape index (κ1) is 8.98. The van der Waals surface area contributed by atoms with Crippen molar-refractivity contribution in [2.75, 3.05) is 0 Å². The van der Waals surface area contributed by atoms with Crippen molar-refractivity contribution in [2.24, 2.45) is 4.99 Å². The van der Waals surface area contributed by atoms with E-state index in [2.05, 4.69) is 31.0 Å². The van der Waals surface area contributed by atoms with Gasteiger partial charge in [-0.2, -0.15) is 0 Å². The van der Waals surface area contributed by atoms with E-state index in [-0.39, 0.29) is 0 Å². The van der Waals surface area contributed by atoms with Crippen LogP contribution in [0.25, 0.3) is 0 Å². The lowest BCUT2D eigenvalue weighted by atomic mass is 10.1. The van der Waals surface area contributed by atoms with Crippen molar-refractivity contribution < 1.29 is 0 Å². The summed E-state index contributed by atoms with van der Waals surface area (Å²) in [6, 6.07) is 10.6. The minimum absolute atomic E-state index is 0.297. The molecule has 0 aliphatic carbocycles. The molecule has 0 radical (unpaired) electrons. The molecule has 64 valence electrons. The molecule has 0 amide bonds. The summed E-state index contributed by atoms with van der Waals surface area (Å²) in [5, 5.41) is 0. The van der Waals surface area contributed by atoms with Crippen molar-refractivity contribution in [3.05, 3.63) is 35.9 Å². The molecule has 12 heavy (non-hydrogen) atoms. The van der Waals surface area contributed by atoms with Gasteiger partial charge in [0.25, 0.3) is 0 Å². The third kappa shape index (κ3) is 2.50. The maximum Gasteiger partial charge on any atom is 0.0716 e. The summed E-state index contributed by atoms with van der Waals surface area (Å²) in [6.07, 6.45) is 2.98. The summed E-state index contributed by atoms with van der Waals surface area (Å²) in [5.41, 5.74) is 1.28. The van der Waals surface area contributed by atoms with E-state index >= 15 is 0 Å². The minimum Gasteiger partial charge on any atom is -0.290 e. The van der Waals surface area contributed by atoms with E-state index in [9.17, 15) is 0 Å². The second-order valence-corrected chi connectivity index (χ2v) is 2.83. The van der Waals surface area contributed by atoms with Gasteiger partial charge in [0, 0.05) is 0 Å². The van der Waals surface area contributed by atoms with Crippen molar-refractivity contribution in [1.82, 2.24) is 0 Å². The van der Waals surface area contributed by atoms with E-state index < -0.39 is 0 Å². The fourth-order valence-electron chi connectivity index (χ4n) is 1.08. The van der Waals surface area contributed by atoms with Gasteiger partial charge in [-0.15, -0.1) is 0 Å². The predicted molar refractivity (Wildman–Crippen MR) is 53.6 cm³/mol. The summed E-state index contributed by atoms with van der Waals surface area (Å²) in [5.74, 6) is 0. The van der Waals surface area contributed by atoms with Crippen LogP contribution in [0.15, 0.2) is 35.3 Å². The highest BCUT2D eigenvalue weighted by Crippen LogP contribution is 2.14. The summed E-state index contributed by atoms with van der Waals surface area (Å²) in [7, 11) is 0. The van der Waals surface area contributed by atoms with Gasteiger partial charge in [-0.05, 0) is 25.1 Å². The fraction of sp³-hybridized carbons (Fsp3) is 0.364. The van der Waals surface area contributed by atoms with Crippen LogP contribution in [0.1, 0.15) is 31.9 Å². The second-order valence-electron chi connectivity index (χ2n) is 2.83. The summed E-state index contributed by atoms with van der Waals surface area (Å²) < 4.78 is 0. The van der Waals surface area contributed by atoms with Crippen LogP contribution in [0.3, 0.4) is 0 Å². The molecule has 1 nitrogen and oxygen atoms in total. The number of nitrogens with zero attached hydrogens (tertiary/aromatic N) is 1. The van der Waals surface area contributed by atoms with Crippen LogP contribution in [-0.2, 0) is 0 Å². The topological polar surface area (TPSA) is 12.4 Å². The van der Waals surface area contributed by atoms with Gasteiger partial charge in [0.1, 0.15) is 0 Å². The first-order valence-corrected chi connectivity index (χ1v) is 4.41. The standard InChI is InChI=1S/C11H15N/c1-3-9-12-10(2)11-7-5-4-6-8-11/h4-10H,3H2,1-2H3/b12-9+/t10-/m1/s1. The Balaban J connectivity index is 2.65. The molecule has 0 aliphatic heterocycles. The maximum absolute atomic E-state index is 4.39. The van der Waals surface area contributed by atoms with Gasteiger partial charge in [0.2, 0.25) is 0 Å². The van der Waals surface area contributed by atoms with E-state index in [1.165, 1.54) is 5.56 Å². The molecule has 0 aliphatic rings. The summed E-state index contributed by atoms with van der Waals surface area (Å²) in [4.78, 5) is 4.39. The monoisotopic (exact) mass is 161 g/mol. The third-order valence-electron chi connectivity index (χ3n) is 1.79. The zero-order chi connectivity index (χ0) is 8.81. The molecule has 1 aromatic carbocycles. The second kappa shape index (κ2) is 4.70. The van der Waals surface area contributed by atoms with Crippen molar-refractivity contribution in [3.8, 4) is 0 Å². The molecule has 0 fully saturated rings. The first-order chi connectivity index (χ1) is 5.84. The molecule has 0 unspecified atom stereocenters. The first-order valence-electron chi connectivity index (χ1n) is 4.41. The average Bonchev–Trinajstić information content (AvgIpc) is 2.15. The average molecular weight is 161 g/mol. The molecular formula is C11H15N. The lowest BCUT2D eigenvalue weighted by Crippen LogP contribution is -1.88. The number of rotatable bonds is 3. The zero-order valence-corrected chi connectivity index (χ0v) is 7.70. The van der Waals surface area contributed by atoms with E-state index in [1.807, 2.05) is 24.4 Å². The Bertz CT molecular complexity index is 238. The Hall–Kier alpha value is -1.11. The molecule has 0 spiro atoms. The molecule has 0 N–H and O–H groups in total. The van der Waals surface area contributed by atoms with Crippen molar-refractivity contribution in [1.29, 1.82) is 0 Å². The molecule has 0 aromatic heterocycles. The number of hydrogen-bond acceptors (Lipinski definition) is 1. The molecule has 0 saturated heterocycles. The summed E-state index contributed by atoms with van der Waals surface area (Å²) in [6.45, 7) is 4.21. The van der Waals surface area contributed by atoms with Crippen LogP contribution in [0, 0.1) is 0 Å². The molecule has 1 aromatic rings. The van der Waals surface area contributed by atoms with Gasteiger partial charge in [0.05, 0.1) is 6.04 Å². The van der Waals surface area contributed by atoms with Gasteiger partial charge < -0.3 is 0 Å². The van der Waals surface area contributed by atoms with Crippen molar-refractivity contribution in [3.63, 3.8) is 0 Å². The quantitative estimate of drug-likeness (QED) is 0.603. The minimum atomic E-state index is 0.297. The van der Waals surface area contributed by atoms with Crippen LogP contribution < -0.4 is 0 Å². The third-order valence-corrected chi connectivity index (χ3v) is 1.79. The predicted octanol–water partition coefficient (Wildman–Crippen LogP) is 3.23. The highest BCUT2D eigenvalue weighted by molar-refractivity contribution is 5.57. The smallest absolute Gasteiger partial charge is 0.0716 e. The Kier molecular flexibility index (Phi) is 3.52. The van der Waals surface area contributed by atoms with Crippen molar-refractivity contribution in [2.45, 2.75) is 26.3 Å². The Labute approximate surface area is 74.2 Å². The lowest BCUT2D eigenvalue weighted by molar-refractivity contribution is 0.821. The van der Waals surface area contributed by atoms with Gasteiger partial charge in [-0.25, -0.2) is 0 Å². The molecule has 0 bridgehead atoms. The van der Waals surface area contributed by atoms with Crippen LogP contribution in [0.5, 0.6) is 0 Å². The fourth-order valence-corrected chi connectivity index (χ4v) is 1.08. The molecule has 1 rings (SSSR count). The van der Waals surface area contributed by atoms with Crippen LogP contribution in [-0.4, -0.2) is 6.21 Å². The number of hydrogen-bond donors (Lipinski definition) is 0. The normalized spacial score (nSPS) is 13.5. The van der Waals surface area contributed by atoms with E-state index in [4.69, 9.17) is 0 Å². The molecule has 1 heteroatoms. The summed E-state index contributed by atoms with van der Waals surface area (Å²) >= 11 is 0. The zero-order valence-electron chi connectivity index (χ0n) is 7.70. The molecule has 0 heterocycles. The largest absolute Gasteiger partial charge is 0.290 e. The van der Waals surface area contributed by atoms with Crippen molar-refractivity contribution >= 4 is 6.21 Å². The Morgan fingerprint density at radius 3 is 2.58 bits per heavy atom. The highest BCUT2D eigenvalue weighted by atomic mass is 14.7. The van der Waals surface area contributed by atoms with E-state index in [1.54, 1.807) is 0 Å². The van der Waals surface area contributed by atoms with Gasteiger partial charge in [-0.1, -0.05) is 37.3 Å². The molecular weight excluding hydrogens is 146 g/mol. The maximum atomic E-state index is 4.39.